The Morgan fingerprint density at radius 2 is 1.72 bits per heavy atom. The fraction of sp³-hybridized carbons (Fsp3) is 0.478. The second-order valence-corrected chi connectivity index (χ2v) is 11.4. The number of carbonyl (C=O) groups excluding carboxylic acids is 2. The number of benzene rings is 1. The number of carbonyl (C=O) groups is 2. The van der Waals surface area contributed by atoms with Crippen LogP contribution in [0.3, 0.4) is 0 Å². The molecule has 0 bridgehead atoms. The van der Waals surface area contributed by atoms with Crippen molar-refractivity contribution in [2.75, 3.05) is 18.4 Å². The number of likely N-dealkylation sites (tertiary alicyclic amines) is 1. The van der Waals surface area contributed by atoms with E-state index in [-0.39, 0.29) is 23.8 Å². The molecule has 2 fully saturated rings. The Kier molecular flexibility index (Phi) is 7.27. The van der Waals surface area contributed by atoms with Gasteiger partial charge in [-0.15, -0.1) is 11.3 Å². The molecule has 2 heterocycles. The van der Waals surface area contributed by atoms with Crippen molar-refractivity contribution in [3.8, 4) is 0 Å². The average molecular weight is 476 g/mol. The summed E-state index contributed by atoms with van der Waals surface area (Å²) >= 11 is 1.19. The Morgan fingerprint density at radius 1 is 0.969 bits per heavy atom. The van der Waals surface area contributed by atoms with Gasteiger partial charge in [-0.25, -0.2) is 13.1 Å². The third-order valence-electron chi connectivity index (χ3n) is 6.22. The first-order valence-corrected chi connectivity index (χ1v) is 13.5. The molecular weight excluding hydrogens is 446 g/mol. The van der Waals surface area contributed by atoms with Gasteiger partial charge in [0.2, 0.25) is 15.9 Å². The molecule has 9 heteroatoms. The van der Waals surface area contributed by atoms with Crippen LogP contribution in [0.1, 0.15) is 55.3 Å². The Hall–Kier alpha value is -2.23. The Balaban J connectivity index is 1.32. The number of rotatable bonds is 6. The Morgan fingerprint density at radius 3 is 2.41 bits per heavy atom. The fourth-order valence-electron chi connectivity index (χ4n) is 4.42. The fourth-order valence-corrected chi connectivity index (χ4v) is 6.73. The van der Waals surface area contributed by atoms with Gasteiger partial charge in [-0.3, -0.25) is 9.59 Å². The van der Waals surface area contributed by atoms with Crippen molar-refractivity contribution >= 4 is 38.9 Å². The molecule has 0 unspecified atom stereocenters. The van der Waals surface area contributed by atoms with Gasteiger partial charge in [0, 0.05) is 36.3 Å². The lowest BCUT2D eigenvalue weighted by Gasteiger charge is -2.32. The van der Waals surface area contributed by atoms with Gasteiger partial charge < -0.3 is 10.2 Å². The SMILES string of the molecule is O=C(Nc1cccc(C(=O)N2CCC(NS(=O)(=O)c3cccs3)CC2)c1)C1CCCCC1. The van der Waals surface area contributed by atoms with Gasteiger partial charge in [0.15, 0.2) is 0 Å². The molecule has 2 aliphatic rings. The number of hydrogen-bond acceptors (Lipinski definition) is 5. The predicted molar refractivity (Wildman–Crippen MR) is 125 cm³/mol. The molecule has 0 spiro atoms. The summed E-state index contributed by atoms with van der Waals surface area (Å²) in [5, 5.41) is 4.71. The van der Waals surface area contributed by atoms with E-state index in [2.05, 4.69) is 10.0 Å². The maximum atomic E-state index is 13.0. The first-order chi connectivity index (χ1) is 15.4. The normalized spacial score (nSPS) is 18.4. The molecule has 1 aromatic carbocycles. The zero-order valence-electron chi connectivity index (χ0n) is 18.0. The van der Waals surface area contributed by atoms with Gasteiger partial charge >= 0.3 is 0 Å². The van der Waals surface area contributed by atoms with Crippen LogP contribution in [0.5, 0.6) is 0 Å². The lowest BCUT2D eigenvalue weighted by molar-refractivity contribution is -0.120. The molecule has 1 saturated carbocycles. The molecule has 172 valence electrons. The highest BCUT2D eigenvalue weighted by atomic mass is 32.2. The lowest BCUT2D eigenvalue weighted by Crippen LogP contribution is -2.46. The van der Waals surface area contributed by atoms with Crippen LogP contribution in [0.4, 0.5) is 5.69 Å². The number of amides is 2. The van der Waals surface area contributed by atoms with E-state index < -0.39 is 10.0 Å². The molecular formula is C23H29N3O4S2. The van der Waals surface area contributed by atoms with Crippen molar-refractivity contribution < 1.29 is 18.0 Å². The van der Waals surface area contributed by atoms with Gasteiger partial charge in [0.05, 0.1) is 0 Å². The third kappa shape index (κ3) is 5.57. The molecule has 32 heavy (non-hydrogen) atoms. The molecule has 4 rings (SSSR count). The molecule has 7 nitrogen and oxygen atoms in total. The summed E-state index contributed by atoms with van der Waals surface area (Å²) < 4.78 is 27.9. The Bertz CT molecular complexity index is 1040. The van der Waals surface area contributed by atoms with Crippen molar-refractivity contribution in [1.82, 2.24) is 9.62 Å². The molecule has 1 aliphatic heterocycles. The number of nitrogens with zero attached hydrogens (tertiary/aromatic N) is 1. The van der Waals surface area contributed by atoms with E-state index in [0.29, 0.717) is 41.4 Å². The maximum absolute atomic E-state index is 13.0. The summed E-state index contributed by atoms with van der Waals surface area (Å²) in [4.78, 5) is 27.3. The molecule has 1 aliphatic carbocycles. The van der Waals surface area contributed by atoms with Crippen LogP contribution in [0.2, 0.25) is 0 Å². The van der Waals surface area contributed by atoms with E-state index in [0.717, 1.165) is 25.7 Å². The van der Waals surface area contributed by atoms with E-state index in [1.165, 1.54) is 17.8 Å². The predicted octanol–water partition coefficient (Wildman–Crippen LogP) is 3.85. The standard InChI is InChI=1S/C23H29N3O4S2/c27-22(17-6-2-1-3-7-17)24-20-9-4-8-18(16-20)23(28)26-13-11-19(12-14-26)25-32(29,30)21-10-5-15-31-21/h4-5,8-10,15-17,19,25H,1-3,6-7,11-14H2,(H,24,27). The molecule has 0 atom stereocenters. The molecule has 1 saturated heterocycles. The number of hydrogen-bond donors (Lipinski definition) is 2. The summed E-state index contributed by atoms with van der Waals surface area (Å²) in [7, 11) is -3.51. The lowest BCUT2D eigenvalue weighted by atomic mass is 9.88. The van der Waals surface area contributed by atoms with Crippen LogP contribution in [-0.4, -0.2) is 44.3 Å². The second-order valence-electron chi connectivity index (χ2n) is 8.52. The highest BCUT2D eigenvalue weighted by Gasteiger charge is 2.28. The van der Waals surface area contributed by atoms with E-state index in [9.17, 15) is 18.0 Å². The zero-order valence-corrected chi connectivity index (χ0v) is 19.6. The first kappa shape index (κ1) is 22.9. The van der Waals surface area contributed by atoms with Gasteiger partial charge in [0.1, 0.15) is 4.21 Å². The smallest absolute Gasteiger partial charge is 0.253 e. The molecule has 2 amide bonds. The average Bonchev–Trinajstić information content (AvgIpc) is 3.36. The minimum atomic E-state index is -3.51. The summed E-state index contributed by atoms with van der Waals surface area (Å²) in [6, 6.07) is 10.2. The number of sulfonamides is 1. The molecule has 2 aromatic rings. The van der Waals surface area contributed by atoms with Crippen molar-refractivity contribution in [2.24, 2.45) is 5.92 Å². The Labute approximate surface area is 193 Å². The van der Waals surface area contributed by atoms with Crippen LogP contribution < -0.4 is 10.0 Å². The number of thiophene rings is 1. The molecule has 1 aromatic heterocycles. The molecule has 0 radical (unpaired) electrons. The first-order valence-electron chi connectivity index (χ1n) is 11.2. The summed E-state index contributed by atoms with van der Waals surface area (Å²) in [6.07, 6.45) is 6.36. The van der Waals surface area contributed by atoms with E-state index in [1.807, 2.05) is 6.07 Å². The molecule has 2 N–H and O–H groups in total. The topological polar surface area (TPSA) is 95.6 Å². The zero-order chi connectivity index (χ0) is 22.6. The van der Waals surface area contributed by atoms with E-state index in [4.69, 9.17) is 0 Å². The maximum Gasteiger partial charge on any atom is 0.253 e. The number of nitrogens with one attached hydrogen (secondary N) is 2. The second kappa shape index (κ2) is 10.1. The van der Waals surface area contributed by atoms with E-state index in [1.54, 1.807) is 40.6 Å². The quantitative estimate of drug-likeness (QED) is 0.663. The van der Waals surface area contributed by atoms with Crippen molar-refractivity contribution in [2.45, 2.75) is 55.2 Å². The van der Waals surface area contributed by atoms with Gasteiger partial charge in [-0.2, -0.15) is 0 Å². The summed E-state index contributed by atoms with van der Waals surface area (Å²) in [5.74, 6) is -0.00782. The minimum Gasteiger partial charge on any atom is -0.339 e. The highest BCUT2D eigenvalue weighted by Crippen LogP contribution is 2.25. The summed E-state index contributed by atoms with van der Waals surface area (Å²) in [6.45, 7) is 0.963. The van der Waals surface area contributed by atoms with Crippen LogP contribution >= 0.6 is 11.3 Å². The largest absolute Gasteiger partial charge is 0.339 e. The highest BCUT2D eigenvalue weighted by molar-refractivity contribution is 7.91. The van der Waals surface area contributed by atoms with Crippen LogP contribution in [0.15, 0.2) is 46.0 Å². The minimum absolute atomic E-state index is 0.0353. The van der Waals surface area contributed by atoms with Gasteiger partial charge in [0.25, 0.3) is 5.91 Å². The van der Waals surface area contributed by atoms with Crippen LogP contribution in [0, 0.1) is 5.92 Å². The van der Waals surface area contributed by atoms with Gasteiger partial charge in [-0.1, -0.05) is 31.4 Å². The monoisotopic (exact) mass is 475 g/mol. The summed E-state index contributed by atoms with van der Waals surface area (Å²) in [5.41, 5.74) is 1.18. The van der Waals surface area contributed by atoms with Crippen molar-refractivity contribution in [3.63, 3.8) is 0 Å². The van der Waals surface area contributed by atoms with Crippen LogP contribution in [-0.2, 0) is 14.8 Å². The van der Waals surface area contributed by atoms with Gasteiger partial charge in [-0.05, 0) is 55.3 Å². The third-order valence-corrected chi connectivity index (χ3v) is 9.13. The van der Waals surface area contributed by atoms with Crippen molar-refractivity contribution in [1.29, 1.82) is 0 Å². The number of anilines is 1. The van der Waals surface area contributed by atoms with Crippen molar-refractivity contribution in [3.05, 3.63) is 47.3 Å². The van der Waals surface area contributed by atoms with Crippen LogP contribution in [0.25, 0.3) is 0 Å². The van der Waals surface area contributed by atoms with E-state index >= 15 is 0 Å². The number of piperidine rings is 1.